The lowest BCUT2D eigenvalue weighted by molar-refractivity contribution is -0.150. The third kappa shape index (κ3) is 3.71. The van der Waals surface area contributed by atoms with Crippen LogP contribution in [0.3, 0.4) is 0 Å². The number of ether oxygens (including phenoxy) is 1. The van der Waals surface area contributed by atoms with Gasteiger partial charge in [-0.15, -0.1) is 0 Å². The zero-order chi connectivity index (χ0) is 13.9. The van der Waals surface area contributed by atoms with Gasteiger partial charge in [0.1, 0.15) is 0 Å². The van der Waals surface area contributed by atoms with E-state index in [9.17, 15) is 23.1 Å². The normalized spacial score (nSPS) is 13.2. The van der Waals surface area contributed by atoms with Crippen molar-refractivity contribution < 1.29 is 27.8 Å². The first-order chi connectivity index (χ1) is 8.25. The minimum Gasteiger partial charge on any atom is -0.467 e. The van der Waals surface area contributed by atoms with Gasteiger partial charge >= 0.3 is 12.1 Å². The third-order valence-electron chi connectivity index (χ3n) is 2.26. The average molecular weight is 327 g/mol. The molecule has 0 saturated heterocycles. The van der Waals surface area contributed by atoms with Gasteiger partial charge in [0, 0.05) is 10.9 Å². The third-order valence-corrected chi connectivity index (χ3v) is 3.03. The first kappa shape index (κ1) is 15.0. The topological polar surface area (TPSA) is 46.5 Å². The molecule has 1 aromatic rings. The Hall–Kier alpha value is -1.08. The van der Waals surface area contributed by atoms with Crippen LogP contribution in [0, 0.1) is 0 Å². The molecule has 1 aromatic carbocycles. The summed E-state index contributed by atoms with van der Waals surface area (Å²) in [4.78, 5) is 11.0. The highest BCUT2D eigenvalue weighted by molar-refractivity contribution is 9.10. The first-order valence-electron chi connectivity index (χ1n) is 4.87. The van der Waals surface area contributed by atoms with Gasteiger partial charge in [-0.3, -0.25) is 0 Å². The van der Waals surface area contributed by atoms with Crippen LogP contribution >= 0.6 is 15.9 Å². The number of alkyl halides is 3. The highest BCUT2D eigenvalue weighted by Crippen LogP contribution is 2.32. The maximum absolute atomic E-state index is 12.5. The first-order valence-corrected chi connectivity index (χ1v) is 5.66. The lowest BCUT2D eigenvalue weighted by Crippen LogP contribution is -2.24. The second kappa shape index (κ2) is 5.71. The quantitative estimate of drug-likeness (QED) is 0.868. The highest BCUT2D eigenvalue weighted by Gasteiger charge is 2.31. The van der Waals surface area contributed by atoms with E-state index in [4.69, 9.17) is 0 Å². The summed E-state index contributed by atoms with van der Waals surface area (Å²) in [5.74, 6) is -0.890. The van der Waals surface area contributed by atoms with Gasteiger partial charge in [0.2, 0.25) is 0 Å². The second-order valence-corrected chi connectivity index (χ2v) is 4.40. The molecule has 1 rings (SSSR count). The Bertz CT molecular complexity index is 446. The van der Waals surface area contributed by atoms with E-state index < -0.39 is 23.8 Å². The van der Waals surface area contributed by atoms with Crippen LogP contribution in [0.1, 0.15) is 11.1 Å². The van der Waals surface area contributed by atoms with Gasteiger partial charge in [-0.1, -0.05) is 15.9 Å². The highest BCUT2D eigenvalue weighted by atomic mass is 79.9. The molecule has 100 valence electrons. The number of halogens is 4. The molecule has 0 aliphatic carbocycles. The van der Waals surface area contributed by atoms with Crippen molar-refractivity contribution >= 4 is 21.9 Å². The number of benzene rings is 1. The Balaban J connectivity index is 2.98. The average Bonchev–Trinajstić information content (AvgIpc) is 2.29. The molecule has 0 amide bonds. The molecule has 0 aliphatic heterocycles. The smallest absolute Gasteiger partial charge is 0.416 e. The van der Waals surface area contributed by atoms with Crippen molar-refractivity contribution in [1.82, 2.24) is 0 Å². The van der Waals surface area contributed by atoms with E-state index in [2.05, 4.69) is 20.7 Å². The second-order valence-electron chi connectivity index (χ2n) is 3.55. The molecule has 1 atom stereocenters. The number of aliphatic hydroxyl groups is 1. The minimum absolute atomic E-state index is 0.183. The molecule has 3 nitrogen and oxygen atoms in total. The number of carbonyl (C=O) groups excluding carboxylic acids is 1. The molecule has 0 aromatic heterocycles. The lowest BCUT2D eigenvalue weighted by Gasteiger charge is -2.13. The largest absolute Gasteiger partial charge is 0.467 e. The zero-order valence-corrected chi connectivity index (χ0v) is 10.9. The molecule has 0 fully saturated rings. The van der Waals surface area contributed by atoms with Crippen LogP contribution in [0.25, 0.3) is 0 Å². The zero-order valence-electron chi connectivity index (χ0n) is 9.29. The fourth-order valence-electron chi connectivity index (χ4n) is 1.34. The number of aliphatic hydroxyl groups excluding tert-OH is 1. The van der Waals surface area contributed by atoms with E-state index in [1.54, 1.807) is 0 Å². The molecule has 1 unspecified atom stereocenters. The monoisotopic (exact) mass is 326 g/mol. The van der Waals surface area contributed by atoms with Crippen molar-refractivity contribution in [3.05, 3.63) is 33.8 Å². The van der Waals surface area contributed by atoms with Crippen molar-refractivity contribution in [2.24, 2.45) is 0 Å². The molecule has 0 radical (unpaired) electrons. The number of hydrogen-bond acceptors (Lipinski definition) is 3. The van der Waals surface area contributed by atoms with Crippen molar-refractivity contribution in [1.29, 1.82) is 0 Å². The molecule has 0 saturated carbocycles. The predicted octanol–water partition coefficient (Wildman–Crippen LogP) is 2.54. The Morgan fingerprint density at radius 2 is 2.11 bits per heavy atom. The maximum atomic E-state index is 12.5. The van der Waals surface area contributed by atoms with Crippen LogP contribution in [0.4, 0.5) is 13.2 Å². The van der Waals surface area contributed by atoms with E-state index in [0.717, 1.165) is 19.2 Å². The van der Waals surface area contributed by atoms with Gasteiger partial charge in [0.15, 0.2) is 6.10 Å². The SMILES string of the molecule is COC(=O)C(O)Cc1cc(C(F)(F)F)ccc1Br. The fourth-order valence-corrected chi connectivity index (χ4v) is 1.74. The van der Waals surface area contributed by atoms with Gasteiger partial charge in [-0.2, -0.15) is 13.2 Å². The molecular weight excluding hydrogens is 317 g/mol. The molecule has 0 spiro atoms. The summed E-state index contributed by atoms with van der Waals surface area (Å²) >= 11 is 3.07. The summed E-state index contributed by atoms with van der Waals surface area (Å²) in [6.07, 6.45) is -6.21. The Morgan fingerprint density at radius 1 is 1.50 bits per heavy atom. The van der Waals surface area contributed by atoms with E-state index in [0.29, 0.717) is 4.47 Å². The number of rotatable bonds is 3. The Kier molecular flexibility index (Phi) is 4.75. The van der Waals surface area contributed by atoms with Gasteiger partial charge in [0.05, 0.1) is 12.7 Å². The fraction of sp³-hybridized carbons (Fsp3) is 0.364. The summed E-state index contributed by atoms with van der Waals surface area (Å²) in [6, 6.07) is 3.02. The summed E-state index contributed by atoms with van der Waals surface area (Å²) in [7, 11) is 1.09. The van der Waals surface area contributed by atoms with Gasteiger partial charge < -0.3 is 9.84 Å². The van der Waals surface area contributed by atoms with E-state index in [1.807, 2.05) is 0 Å². The molecular formula is C11H10BrF3O3. The van der Waals surface area contributed by atoms with E-state index in [1.165, 1.54) is 6.07 Å². The Labute approximate surface area is 110 Å². The van der Waals surface area contributed by atoms with Crippen molar-refractivity contribution in [2.45, 2.75) is 18.7 Å². The summed E-state index contributed by atoms with van der Waals surface area (Å²) in [6.45, 7) is 0. The van der Waals surface area contributed by atoms with Crippen LogP contribution in [-0.2, 0) is 22.1 Å². The van der Waals surface area contributed by atoms with Crippen LogP contribution in [0.5, 0.6) is 0 Å². The van der Waals surface area contributed by atoms with E-state index >= 15 is 0 Å². The van der Waals surface area contributed by atoms with Crippen LogP contribution in [-0.4, -0.2) is 24.3 Å². The molecule has 0 heterocycles. The van der Waals surface area contributed by atoms with Gasteiger partial charge in [0.25, 0.3) is 0 Å². The molecule has 0 bridgehead atoms. The van der Waals surface area contributed by atoms with Crippen molar-refractivity contribution in [3.63, 3.8) is 0 Å². The number of hydrogen-bond donors (Lipinski definition) is 1. The number of methoxy groups -OCH3 is 1. The maximum Gasteiger partial charge on any atom is 0.416 e. The molecule has 18 heavy (non-hydrogen) atoms. The Morgan fingerprint density at radius 3 is 2.61 bits per heavy atom. The summed E-state index contributed by atoms with van der Waals surface area (Å²) < 4.78 is 42.2. The lowest BCUT2D eigenvalue weighted by atomic mass is 10.0. The molecule has 7 heteroatoms. The summed E-state index contributed by atoms with van der Waals surface area (Å²) in [5, 5.41) is 9.41. The summed E-state index contributed by atoms with van der Waals surface area (Å²) in [5.41, 5.74) is -0.652. The van der Waals surface area contributed by atoms with E-state index in [-0.39, 0.29) is 12.0 Å². The number of carbonyl (C=O) groups is 1. The number of esters is 1. The predicted molar refractivity (Wildman–Crippen MR) is 60.9 cm³/mol. The molecule has 1 N–H and O–H groups in total. The minimum atomic E-state index is -4.47. The standard InChI is InChI=1S/C11H10BrF3O3/c1-18-10(17)9(16)5-6-4-7(11(13,14)15)2-3-8(6)12/h2-4,9,16H,5H2,1H3. The van der Waals surface area contributed by atoms with Crippen molar-refractivity contribution in [3.8, 4) is 0 Å². The van der Waals surface area contributed by atoms with Crippen LogP contribution in [0.2, 0.25) is 0 Å². The van der Waals surface area contributed by atoms with Crippen molar-refractivity contribution in [2.75, 3.05) is 7.11 Å². The van der Waals surface area contributed by atoms with Crippen LogP contribution < -0.4 is 0 Å². The van der Waals surface area contributed by atoms with Gasteiger partial charge in [-0.25, -0.2) is 4.79 Å². The molecule has 0 aliphatic rings. The van der Waals surface area contributed by atoms with Crippen LogP contribution in [0.15, 0.2) is 22.7 Å². The van der Waals surface area contributed by atoms with Gasteiger partial charge in [-0.05, 0) is 23.8 Å².